The van der Waals surface area contributed by atoms with E-state index < -0.39 is 6.23 Å². The quantitative estimate of drug-likeness (QED) is 0.928. The number of aliphatic hydroxyl groups is 1. The van der Waals surface area contributed by atoms with Crippen LogP contribution in [0.3, 0.4) is 0 Å². The Morgan fingerprint density at radius 1 is 1.10 bits per heavy atom. The second-order valence-corrected chi connectivity index (χ2v) is 5.37. The molecule has 0 saturated carbocycles. The summed E-state index contributed by atoms with van der Waals surface area (Å²) in [7, 11) is 0. The van der Waals surface area contributed by atoms with E-state index in [4.69, 9.17) is 0 Å². The zero-order valence-electron chi connectivity index (χ0n) is 11.7. The molecule has 1 aliphatic rings. The summed E-state index contributed by atoms with van der Waals surface area (Å²) in [5.74, 6) is 0.746. The van der Waals surface area contributed by atoms with Gasteiger partial charge in [-0.2, -0.15) is 0 Å². The number of rotatable bonds is 4. The molecule has 1 fully saturated rings. The SMILES string of the molecule is OC(c1nccn1Cc1ccccc1)N1CCCCC1. The summed E-state index contributed by atoms with van der Waals surface area (Å²) in [6.07, 6.45) is 6.71. The number of imidazole rings is 1. The minimum atomic E-state index is -0.589. The summed E-state index contributed by atoms with van der Waals surface area (Å²) in [5, 5.41) is 10.5. The van der Waals surface area contributed by atoms with Gasteiger partial charge < -0.3 is 9.67 Å². The fraction of sp³-hybridized carbons (Fsp3) is 0.438. The van der Waals surface area contributed by atoms with Crippen molar-refractivity contribution in [3.8, 4) is 0 Å². The number of benzene rings is 1. The molecule has 2 heterocycles. The van der Waals surface area contributed by atoms with E-state index in [0.717, 1.165) is 38.3 Å². The topological polar surface area (TPSA) is 41.3 Å². The van der Waals surface area contributed by atoms with Crippen LogP contribution in [-0.2, 0) is 6.54 Å². The second kappa shape index (κ2) is 6.20. The maximum Gasteiger partial charge on any atom is 0.166 e. The van der Waals surface area contributed by atoms with E-state index in [1.165, 1.54) is 12.0 Å². The first-order valence-electron chi connectivity index (χ1n) is 7.31. The lowest BCUT2D eigenvalue weighted by Crippen LogP contribution is -2.35. The van der Waals surface area contributed by atoms with E-state index in [1.807, 2.05) is 29.0 Å². The van der Waals surface area contributed by atoms with Crippen LogP contribution in [0, 0.1) is 0 Å². The van der Waals surface area contributed by atoms with E-state index in [1.54, 1.807) is 6.20 Å². The highest BCUT2D eigenvalue weighted by Crippen LogP contribution is 2.21. The Bertz CT molecular complexity index is 532. The maximum atomic E-state index is 10.5. The number of likely N-dealkylation sites (tertiary alicyclic amines) is 1. The van der Waals surface area contributed by atoms with Crippen LogP contribution in [0.5, 0.6) is 0 Å². The molecule has 4 nitrogen and oxygen atoms in total. The van der Waals surface area contributed by atoms with Gasteiger partial charge in [0.1, 0.15) is 0 Å². The summed E-state index contributed by atoms with van der Waals surface area (Å²) >= 11 is 0. The monoisotopic (exact) mass is 271 g/mol. The predicted molar refractivity (Wildman–Crippen MR) is 78.2 cm³/mol. The van der Waals surface area contributed by atoms with Gasteiger partial charge in [-0.1, -0.05) is 36.8 Å². The van der Waals surface area contributed by atoms with Gasteiger partial charge in [-0.05, 0) is 18.4 Å². The first kappa shape index (κ1) is 13.3. The van der Waals surface area contributed by atoms with Gasteiger partial charge in [0.15, 0.2) is 12.1 Å². The molecule has 0 radical (unpaired) electrons. The zero-order chi connectivity index (χ0) is 13.8. The third-order valence-corrected chi connectivity index (χ3v) is 3.91. The summed E-state index contributed by atoms with van der Waals surface area (Å²) in [4.78, 5) is 6.48. The van der Waals surface area contributed by atoms with Gasteiger partial charge in [0.05, 0.1) is 0 Å². The lowest BCUT2D eigenvalue weighted by Gasteiger charge is -2.30. The number of aliphatic hydroxyl groups excluding tert-OH is 1. The smallest absolute Gasteiger partial charge is 0.166 e. The van der Waals surface area contributed by atoms with Crippen molar-refractivity contribution in [2.45, 2.75) is 32.0 Å². The number of nitrogens with zero attached hydrogens (tertiary/aromatic N) is 3. The fourth-order valence-corrected chi connectivity index (χ4v) is 2.80. The van der Waals surface area contributed by atoms with Crippen LogP contribution in [0.25, 0.3) is 0 Å². The first-order valence-corrected chi connectivity index (χ1v) is 7.31. The normalized spacial score (nSPS) is 18.1. The summed E-state index contributed by atoms with van der Waals surface area (Å²) in [6, 6.07) is 10.3. The molecule has 1 aliphatic heterocycles. The Labute approximate surface area is 119 Å². The third kappa shape index (κ3) is 2.92. The average molecular weight is 271 g/mol. The molecule has 20 heavy (non-hydrogen) atoms. The molecule has 1 aromatic heterocycles. The second-order valence-electron chi connectivity index (χ2n) is 5.37. The highest BCUT2D eigenvalue weighted by Gasteiger charge is 2.23. The van der Waals surface area contributed by atoms with Gasteiger partial charge in [0.25, 0.3) is 0 Å². The van der Waals surface area contributed by atoms with Crippen LogP contribution < -0.4 is 0 Å². The van der Waals surface area contributed by atoms with Crippen LogP contribution >= 0.6 is 0 Å². The highest BCUT2D eigenvalue weighted by atomic mass is 16.3. The lowest BCUT2D eigenvalue weighted by atomic mass is 10.1. The summed E-state index contributed by atoms with van der Waals surface area (Å²) in [6.45, 7) is 2.67. The molecular weight excluding hydrogens is 250 g/mol. The van der Waals surface area contributed by atoms with Crippen molar-refractivity contribution in [1.82, 2.24) is 14.5 Å². The number of aromatic nitrogens is 2. The van der Waals surface area contributed by atoms with Gasteiger partial charge in [-0.15, -0.1) is 0 Å². The highest BCUT2D eigenvalue weighted by molar-refractivity contribution is 5.16. The largest absolute Gasteiger partial charge is 0.371 e. The number of piperidine rings is 1. The van der Waals surface area contributed by atoms with E-state index >= 15 is 0 Å². The molecule has 4 heteroatoms. The van der Waals surface area contributed by atoms with Crippen molar-refractivity contribution >= 4 is 0 Å². The molecule has 0 bridgehead atoms. The molecule has 0 spiro atoms. The van der Waals surface area contributed by atoms with E-state index in [0.29, 0.717) is 0 Å². The molecule has 0 aliphatic carbocycles. The molecule has 1 aromatic carbocycles. The van der Waals surface area contributed by atoms with E-state index in [9.17, 15) is 5.11 Å². The third-order valence-electron chi connectivity index (χ3n) is 3.91. The van der Waals surface area contributed by atoms with Gasteiger partial charge in [-0.3, -0.25) is 4.90 Å². The molecule has 2 aromatic rings. The van der Waals surface area contributed by atoms with Crippen molar-refractivity contribution in [3.63, 3.8) is 0 Å². The molecule has 1 atom stereocenters. The van der Waals surface area contributed by atoms with Crippen LogP contribution in [0.2, 0.25) is 0 Å². The Kier molecular flexibility index (Phi) is 4.14. The van der Waals surface area contributed by atoms with E-state index in [2.05, 4.69) is 22.0 Å². The zero-order valence-corrected chi connectivity index (χ0v) is 11.7. The number of hydrogen-bond acceptors (Lipinski definition) is 3. The lowest BCUT2D eigenvalue weighted by molar-refractivity contribution is -0.0182. The Morgan fingerprint density at radius 2 is 1.85 bits per heavy atom. The van der Waals surface area contributed by atoms with Crippen molar-refractivity contribution in [2.24, 2.45) is 0 Å². The molecule has 0 amide bonds. The Morgan fingerprint density at radius 3 is 2.60 bits per heavy atom. The standard InChI is InChI=1S/C16H21N3O/c20-16(18-10-5-2-6-11-18)15-17-9-12-19(15)13-14-7-3-1-4-8-14/h1,3-4,7-9,12,16,20H,2,5-6,10-11,13H2. The minimum absolute atomic E-state index is 0.589. The number of hydrogen-bond donors (Lipinski definition) is 1. The summed E-state index contributed by atoms with van der Waals surface area (Å²) < 4.78 is 2.04. The first-order chi connectivity index (χ1) is 9.84. The van der Waals surface area contributed by atoms with Crippen molar-refractivity contribution in [3.05, 3.63) is 54.1 Å². The molecule has 1 unspecified atom stereocenters. The minimum Gasteiger partial charge on any atom is -0.371 e. The van der Waals surface area contributed by atoms with Crippen molar-refractivity contribution < 1.29 is 5.11 Å². The van der Waals surface area contributed by atoms with Gasteiger partial charge in [-0.25, -0.2) is 4.98 Å². The van der Waals surface area contributed by atoms with Crippen molar-refractivity contribution in [2.75, 3.05) is 13.1 Å². The van der Waals surface area contributed by atoms with Gasteiger partial charge >= 0.3 is 0 Å². The van der Waals surface area contributed by atoms with Gasteiger partial charge in [0.2, 0.25) is 0 Å². The van der Waals surface area contributed by atoms with Crippen LogP contribution in [0.15, 0.2) is 42.7 Å². The van der Waals surface area contributed by atoms with Crippen LogP contribution in [-0.4, -0.2) is 32.6 Å². The summed E-state index contributed by atoms with van der Waals surface area (Å²) in [5.41, 5.74) is 1.22. The fourth-order valence-electron chi connectivity index (χ4n) is 2.80. The Balaban J connectivity index is 1.75. The molecular formula is C16H21N3O. The molecule has 1 N–H and O–H groups in total. The van der Waals surface area contributed by atoms with Crippen LogP contribution in [0.4, 0.5) is 0 Å². The van der Waals surface area contributed by atoms with Gasteiger partial charge in [0, 0.05) is 32.0 Å². The van der Waals surface area contributed by atoms with Crippen molar-refractivity contribution in [1.29, 1.82) is 0 Å². The molecule has 3 rings (SSSR count). The predicted octanol–water partition coefficient (Wildman–Crippen LogP) is 2.41. The van der Waals surface area contributed by atoms with Crippen LogP contribution in [0.1, 0.15) is 36.9 Å². The average Bonchev–Trinajstić information content (AvgIpc) is 2.96. The molecule has 1 saturated heterocycles. The molecule has 106 valence electrons. The maximum absolute atomic E-state index is 10.5. The Hall–Kier alpha value is -1.65. The van der Waals surface area contributed by atoms with E-state index in [-0.39, 0.29) is 0 Å².